The van der Waals surface area contributed by atoms with Gasteiger partial charge in [0.1, 0.15) is 0 Å². The summed E-state index contributed by atoms with van der Waals surface area (Å²) in [5.74, 6) is 0.335. The number of nitrogens with zero attached hydrogens (tertiary/aromatic N) is 1. The molecule has 1 aromatic heterocycles. The van der Waals surface area contributed by atoms with Crippen molar-refractivity contribution >= 4 is 22.6 Å². The quantitative estimate of drug-likeness (QED) is 0.898. The lowest BCUT2D eigenvalue weighted by molar-refractivity contribution is 0.147. The SMILES string of the molecule is CC(C)COC(=O)Nc1nc(C(C)(C)C)cs1. The second-order valence-electron chi connectivity index (χ2n) is 5.41. The van der Waals surface area contributed by atoms with E-state index >= 15 is 0 Å². The molecule has 1 N–H and O–H groups in total. The minimum Gasteiger partial charge on any atom is -0.449 e. The Hall–Kier alpha value is -1.10. The van der Waals surface area contributed by atoms with Gasteiger partial charge in [-0.3, -0.25) is 5.32 Å². The summed E-state index contributed by atoms with van der Waals surface area (Å²) < 4.78 is 5.02. The van der Waals surface area contributed by atoms with Gasteiger partial charge in [0.15, 0.2) is 5.13 Å². The summed E-state index contributed by atoms with van der Waals surface area (Å²) in [5, 5.41) is 5.18. The molecule has 17 heavy (non-hydrogen) atoms. The number of carbonyl (C=O) groups excluding carboxylic acids is 1. The van der Waals surface area contributed by atoms with Gasteiger partial charge in [0.2, 0.25) is 0 Å². The predicted octanol–water partition coefficient (Wildman–Crippen LogP) is 3.65. The van der Waals surface area contributed by atoms with Crippen molar-refractivity contribution in [3.05, 3.63) is 11.1 Å². The second-order valence-corrected chi connectivity index (χ2v) is 6.26. The molecule has 1 aromatic rings. The third kappa shape index (κ3) is 4.73. The molecule has 0 saturated heterocycles. The minimum atomic E-state index is -0.437. The Morgan fingerprint density at radius 1 is 1.53 bits per heavy atom. The van der Waals surface area contributed by atoms with Crippen LogP contribution in [0.15, 0.2) is 5.38 Å². The molecule has 0 atom stereocenters. The highest BCUT2D eigenvalue weighted by Crippen LogP contribution is 2.26. The van der Waals surface area contributed by atoms with Crippen LogP contribution in [0.3, 0.4) is 0 Å². The molecule has 0 radical (unpaired) electrons. The Morgan fingerprint density at radius 2 is 2.18 bits per heavy atom. The van der Waals surface area contributed by atoms with Crippen molar-refractivity contribution in [3.63, 3.8) is 0 Å². The van der Waals surface area contributed by atoms with Crippen LogP contribution in [0.2, 0.25) is 0 Å². The van der Waals surface area contributed by atoms with Crippen LogP contribution in [-0.2, 0) is 10.2 Å². The third-order valence-electron chi connectivity index (χ3n) is 2.03. The van der Waals surface area contributed by atoms with E-state index in [0.717, 1.165) is 5.69 Å². The van der Waals surface area contributed by atoms with Gasteiger partial charge in [-0.05, 0) is 5.92 Å². The summed E-state index contributed by atoms with van der Waals surface area (Å²) >= 11 is 1.42. The maximum absolute atomic E-state index is 11.4. The number of carbonyl (C=O) groups is 1. The fourth-order valence-electron chi connectivity index (χ4n) is 1.04. The molecule has 4 nitrogen and oxygen atoms in total. The molecular weight excluding hydrogens is 236 g/mol. The first kappa shape index (κ1) is 14.0. The number of amides is 1. The van der Waals surface area contributed by atoms with E-state index in [-0.39, 0.29) is 5.41 Å². The van der Waals surface area contributed by atoms with Gasteiger partial charge in [0.05, 0.1) is 12.3 Å². The molecule has 0 unspecified atom stereocenters. The Bertz CT molecular complexity index is 380. The van der Waals surface area contributed by atoms with Gasteiger partial charge >= 0.3 is 6.09 Å². The number of aromatic nitrogens is 1. The van der Waals surface area contributed by atoms with Crippen molar-refractivity contribution in [2.24, 2.45) is 5.92 Å². The molecule has 0 fully saturated rings. The van der Waals surface area contributed by atoms with Crippen molar-refractivity contribution in [2.45, 2.75) is 40.0 Å². The van der Waals surface area contributed by atoms with E-state index in [9.17, 15) is 4.79 Å². The van der Waals surface area contributed by atoms with Crippen molar-refractivity contribution in [2.75, 3.05) is 11.9 Å². The summed E-state index contributed by atoms with van der Waals surface area (Å²) in [7, 11) is 0. The van der Waals surface area contributed by atoms with Crippen LogP contribution >= 0.6 is 11.3 Å². The van der Waals surface area contributed by atoms with Gasteiger partial charge in [0, 0.05) is 10.8 Å². The topological polar surface area (TPSA) is 51.2 Å². The summed E-state index contributed by atoms with van der Waals surface area (Å²) in [5.41, 5.74) is 0.972. The molecule has 0 spiro atoms. The Balaban J connectivity index is 2.52. The molecule has 0 aliphatic heterocycles. The lowest BCUT2D eigenvalue weighted by Gasteiger charge is -2.14. The summed E-state index contributed by atoms with van der Waals surface area (Å²) in [6, 6.07) is 0. The molecule has 0 saturated carbocycles. The molecule has 0 aliphatic carbocycles. The van der Waals surface area contributed by atoms with E-state index in [1.54, 1.807) is 0 Å². The van der Waals surface area contributed by atoms with Gasteiger partial charge in [-0.2, -0.15) is 0 Å². The maximum atomic E-state index is 11.4. The molecule has 0 aliphatic rings. The van der Waals surface area contributed by atoms with E-state index < -0.39 is 6.09 Å². The first-order valence-corrected chi connectivity index (χ1v) is 6.57. The van der Waals surface area contributed by atoms with Crippen LogP contribution in [-0.4, -0.2) is 17.7 Å². The minimum absolute atomic E-state index is 0.00172. The highest BCUT2D eigenvalue weighted by Gasteiger charge is 2.18. The summed E-state index contributed by atoms with van der Waals surface area (Å²) in [6.45, 7) is 10.7. The highest BCUT2D eigenvalue weighted by atomic mass is 32.1. The molecule has 5 heteroatoms. The fraction of sp³-hybridized carbons (Fsp3) is 0.667. The first-order valence-electron chi connectivity index (χ1n) is 5.69. The zero-order chi connectivity index (χ0) is 13.1. The largest absolute Gasteiger partial charge is 0.449 e. The standard InChI is InChI=1S/C12H20N2O2S/c1-8(2)6-16-11(15)14-10-13-9(7-17-10)12(3,4)5/h7-8H,6H2,1-5H3,(H,13,14,15). The van der Waals surface area contributed by atoms with Crippen molar-refractivity contribution in [1.29, 1.82) is 0 Å². The van der Waals surface area contributed by atoms with E-state index in [1.807, 2.05) is 19.2 Å². The van der Waals surface area contributed by atoms with Gasteiger partial charge in [-0.25, -0.2) is 9.78 Å². The van der Waals surface area contributed by atoms with E-state index in [0.29, 0.717) is 17.7 Å². The number of ether oxygens (including phenoxy) is 1. The monoisotopic (exact) mass is 256 g/mol. The van der Waals surface area contributed by atoms with Crippen LogP contribution in [0.4, 0.5) is 9.93 Å². The van der Waals surface area contributed by atoms with E-state index in [2.05, 4.69) is 31.1 Å². The van der Waals surface area contributed by atoms with E-state index in [4.69, 9.17) is 4.74 Å². The van der Waals surface area contributed by atoms with Gasteiger partial charge in [-0.1, -0.05) is 34.6 Å². The number of hydrogen-bond acceptors (Lipinski definition) is 4. The van der Waals surface area contributed by atoms with Gasteiger partial charge in [-0.15, -0.1) is 11.3 Å². The zero-order valence-corrected chi connectivity index (χ0v) is 11.9. The lowest BCUT2D eigenvalue weighted by Crippen LogP contribution is -2.17. The second kappa shape index (κ2) is 5.49. The van der Waals surface area contributed by atoms with Crippen LogP contribution < -0.4 is 5.32 Å². The third-order valence-corrected chi connectivity index (χ3v) is 2.79. The number of nitrogens with one attached hydrogen (secondary N) is 1. The first-order chi connectivity index (χ1) is 7.79. The van der Waals surface area contributed by atoms with E-state index in [1.165, 1.54) is 11.3 Å². The molecule has 0 bridgehead atoms. The average molecular weight is 256 g/mol. The van der Waals surface area contributed by atoms with Crippen LogP contribution in [0.1, 0.15) is 40.3 Å². The lowest BCUT2D eigenvalue weighted by atomic mass is 9.93. The fourth-order valence-corrected chi connectivity index (χ4v) is 1.96. The molecular formula is C12H20N2O2S. The average Bonchev–Trinajstić information content (AvgIpc) is 2.62. The van der Waals surface area contributed by atoms with Crippen LogP contribution in [0.5, 0.6) is 0 Å². The van der Waals surface area contributed by atoms with Crippen molar-refractivity contribution in [1.82, 2.24) is 4.98 Å². The predicted molar refractivity (Wildman–Crippen MR) is 70.6 cm³/mol. The molecule has 1 amide bonds. The Morgan fingerprint density at radius 3 is 2.65 bits per heavy atom. The number of thiazole rings is 1. The molecule has 1 heterocycles. The number of hydrogen-bond donors (Lipinski definition) is 1. The van der Waals surface area contributed by atoms with Gasteiger partial charge in [0.25, 0.3) is 0 Å². The number of rotatable bonds is 3. The van der Waals surface area contributed by atoms with Crippen molar-refractivity contribution in [3.8, 4) is 0 Å². The van der Waals surface area contributed by atoms with Crippen LogP contribution in [0, 0.1) is 5.92 Å². The molecule has 96 valence electrons. The Labute approximate surface area is 106 Å². The molecule has 1 rings (SSSR count). The van der Waals surface area contributed by atoms with Gasteiger partial charge < -0.3 is 4.74 Å². The Kier molecular flexibility index (Phi) is 4.51. The summed E-state index contributed by atoms with van der Waals surface area (Å²) in [4.78, 5) is 15.8. The maximum Gasteiger partial charge on any atom is 0.413 e. The molecule has 0 aromatic carbocycles. The zero-order valence-electron chi connectivity index (χ0n) is 11.0. The normalized spacial score (nSPS) is 11.6. The number of anilines is 1. The summed E-state index contributed by atoms with van der Waals surface area (Å²) in [6.07, 6.45) is -0.437. The smallest absolute Gasteiger partial charge is 0.413 e. The van der Waals surface area contributed by atoms with Crippen LogP contribution in [0.25, 0.3) is 0 Å². The highest BCUT2D eigenvalue weighted by molar-refractivity contribution is 7.13. The van der Waals surface area contributed by atoms with Crippen molar-refractivity contribution < 1.29 is 9.53 Å².